The van der Waals surface area contributed by atoms with Crippen LogP contribution in [-0.2, 0) is 16.5 Å². The second-order valence-electron chi connectivity index (χ2n) is 2.15. The zero-order valence-electron chi connectivity index (χ0n) is 7.09. The number of benzene rings is 2. The third-order valence-electron chi connectivity index (χ3n) is 1.21. The van der Waals surface area contributed by atoms with Crippen molar-refractivity contribution in [3.8, 4) is 0 Å². The fourth-order valence-electron chi connectivity index (χ4n) is 0.684. The first-order chi connectivity index (χ1) is 6.00. The van der Waals surface area contributed by atoms with Gasteiger partial charge in [0.1, 0.15) is 0 Å². The summed E-state index contributed by atoms with van der Waals surface area (Å²) in [6.07, 6.45) is 0. The molecule has 0 saturated heterocycles. The Kier molecular flexibility index (Phi) is 8.28. The number of rotatable bonds is 0. The van der Waals surface area contributed by atoms with Crippen LogP contribution in [0, 0.1) is 12.1 Å². The summed E-state index contributed by atoms with van der Waals surface area (Å²) in [4.78, 5) is 0. The first-order valence-electron chi connectivity index (χ1n) is 3.82. The van der Waals surface area contributed by atoms with Gasteiger partial charge in [-0.15, -0.1) is 0 Å². The molecule has 0 saturated carbocycles. The van der Waals surface area contributed by atoms with Crippen molar-refractivity contribution in [2.45, 2.75) is 0 Å². The second-order valence-corrected chi connectivity index (χ2v) is 2.15. The van der Waals surface area contributed by atoms with E-state index in [0.717, 1.165) is 0 Å². The quantitative estimate of drug-likeness (QED) is 0.466. The molecule has 2 aromatic carbocycles. The summed E-state index contributed by atoms with van der Waals surface area (Å²) < 4.78 is 0. The van der Waals surface area contributed by atoms with E-state index >= 15 is 0 Å². The van der Waals surface area contributed by atoms with Gasteiger partial charge in [-0.3, -0.25) is 0 Å². The molecule has 0 heterocycles. The van der Waals surface area contributed by atoms with Gasteiger partial charge in [0.2, 0.25) is 0 Å². The molecule has 2 aromatic rings. The van der Waals surface area contributed by atoms with E-state index in [1.807, 2.05) is 60.7 Å². The van der Waals surface area contributed by atoms with Gasteiger partial charge in [0.25, 0.3) is 0 Å². The van der Waals surface area contributed by atoms with Gasteiger partial charge in [-0.25, -0.2) is 0 Å². The molecule has 0 fully saturated rings. The molecule has 2 rings (SSSR count). The van der Waals surface area contributed by atoms with Crippen LogP contribution in [0.2, 0.25) is 0 Å². The zero-order valence-corrected chi connectivity index (χ0v) is 8.08. The van der Waals surface area contributed by atoms with Crippen molar-refractivity contribution in [1.82, 2.24) is 0 Å². The molecule has 0 radical (unpaired) electrons. The maximum Gasteiger partial charge on any atom is 2.00 e. The van der Waals surface area contributed by atoms with E-state index in [4.69, 9.17) is 0 Å². The smallest absolute Gasteiger partial charge is 0.184 e. The van der Waals surface area contributed by atoms with Crippen LogP contribution in [0.15, 0.2) is 60.7 Å². The number of hydrogen-bond donors (Lipinski definition) is 0. The monoisotopic (exact) mass is 212 g/mol. The van der Waals surface area contributed by atoms with Crippen LogP contribution >= 0.6 is 0 Å². The van der Waals surface area contributed by atoms with E-state index in [1.165, 1.54) is 0 Å². The van der Waals surface area contributed by atoms with Gasteiger partial charge < -0.3 is 0 Å². The van der Waals surface area contributed by atoms with Crippen LogP contribution in [0.1, 0.15) is 0 Å². The van der Waals surface area contributed by atoms with Crippen molar-refractivity contribution in [3.63, 3.8) is 0 Å². The molecule has 0 bridgehead atoms. The van der Waals surface area contributed by atoms with Crippen LogP contribution in [0.4, 0.5) is 0 Å². The average Bonchev–Trinajstić information content (AvgIpc) is 2.24. The molecular weight excluding hydrogens is 203 g/mol. The van der Waals surface area contributed by atoms with Crippen molar-refractivity contribution in [3.05, 3.63) is 72.8 Å². The molecule has 0 atom stereocenters. The maximum absolute atomic E-state index is 2.89. The summed E-state index contributed by atoms with van der Waals surface area (Å²) >= 11 is 0. The molecule has 1 heteroatoms. The van der Waals surface area contributed by atoms with Gasteiger partial charge >= 0.3 is 16.5 Å². The molecule has 68 valence electrons. The summed E-state index contributed by atoms with van der Waals surface area (Å²) in [5, 5.41) is 0. The fraction of sp³-hybridized carbons (Fsp3) is 0. The largest absolute Gasteiger partial charge is 2.00 e. The van der Waals surface area contributed by atoms with Gasteiger partial charge in [-0.2, -0.15) is 72.8 Å². The van der Waals surface area contributed by atoms with Crippen LogP contribution in [0.25, 0.3) is 0 Å². The summed E-state index contributed by atoms with van der Waals surface area (Å²) in [6.45, 7) is 0. The maximum atomic E-state index is 2.89. The Balaban J connectivity index is 0.000000206. The van der Waals surface area contributed by atoms with Crippen molar-refractivity contribution < 1.29 is 16.5 Å². The predicted octanol–water partition coefficient (Wildman–Crippen LogP) is 2.97. The SMILES string of the molecule is [Ni+2].[c-]1ccccc1.[c-]1ccccc1. The van der Waals surface area contributed by atoms with Gasteiger partial charge in [-0.05, 0) is 0 Å². The second kappa shape index (κ2) is 9.02. The molecule has 0 aliphatic heterocycles. The third-order valence-corrected chi connectivity index (χ3v) is 1.21. The summed E-state index contributed by atoms with van der Waals surface area (Å²) in [6, 6.07) is 25.0. The molecule has 0 unspecified atom stereocenters. The van der Waals surface area contributed by atoms with Crippen LogP contribution in [0.5, 0.6) is 0 Å². The predicted molar refractivity (Wildman–Crippen MR) is 50.6 cm³/mol. The topological polar surface area (TPSA) is 0 Å². The van der Waals surface area contributed by atoms with Gasteiger partial charge in [0.05, 0.1) is 0 Å². The van der Waals surface area contributed by atoms with E-state index in [0.29, 0.717) is 0 Å². The van der Waals surface area contributed by atoms with E-state index in [9.17, 15) is 0 Å². The fourth-order valence-corrected chi connectivity index (χ4v) is 0.684. The summed E-state index contributed by atoms with van der Waals surface area (Å²) in [7, 11) is 0. The van der Waals surface area contributed by atoms with Crippen molar-refractivity contribution >= 4 is 0 Å². The molecule has 0 nitrogen and oxygen atoms in total. The Labute approximate surface area is 89.5 Å². The molecule has 13 heavy (non-hydrogen) atoms. The van der Waals surface area contributed by atoms with E-state index in [-0.39, 0.29) is 16.5 Å². The zero-order chi connectivity index (χ0) is 8.49. The van der Waals surface area contributed by atoms with Crippen molar-refractivity contribution in [2.75, 3.05) is 0 Å². The number of hydrogen-bond acceptors (Lipinski definition) is 0. The van der Waals surface area contributed by atoms with Crippen LogP contribution in [-0.4, -0.2) is 0 Å². The van der Waals surface area contributed by atoms with Gasteiger partial charge in [-0.1, -0.05) is 0 Å². The molecule has 0 aliphatic carbocycles. The molecule has 0 spiro atoms. The van der Waals surface area contributed by atoms with E-state index in [2.05, 4.69) is 12.1 Å². The molecule has 0 aromatic heterocycles. The molecule has 0 aliphatic rings. The Hall–Kier alpha value is -1.07. The first-order valence-corrected chi connectivity index (χ1v) is 3.82. The molecule has 0 N–H and O–H groups in total. The minimum Gasteiger partial charge on any atom is -0.184 e. The normalized spacial score (nSPS) is 7.38. The third kappa shape index (κ3) is 7.30. The minimum absolute atomic E-state index is 0. The van der Waals surface area contributed by atoms with Crippen LogP contribution < -0.4 is 0 Å². The Morgan fingerprint density at radius 1 is 0.462 bits per heavy atom. The van der Waals surface area contributed by atoms with Gasteiger partial charge in [0.15, 0.2) is 0 Å². The summed E-state index contributed by atoms with van der Waals surface area (Å²) in [5.41, 5.74) is 0. The Bertz CT molecular complexity index is 181. The Morgan fingerprint density at radius 2 is 0.769 bits per heavy atom. The standard InChI is InChI=1S/2C6H5.Ni/c2*1-2-4-6-5-3-1;/h2*1-5H;/q2*-1;+2. The van der Waals surface area contributed by atoms with Gasteiger partial charge in [0, 0.05) is 0 Å². The first kappa shape index (κ1) is 11.9. The molecular formula is C12H10Ni. The average molecular weight is 213 g/mol. The van der Waals surface area contributed by atoms with E-state index < -0.39 is 0 Å². The van der Waals surface area contributed by atoms with Crippen molar-refractivity contribution in [2.24, 2.45) is 0 Å². The minimum atomic E-state index is 0. The van der Waals surface area contributed by atoms with E-state index in [1.54, 1.807) is 0 Å². The van der Waals surface area contributed by atoms with Crippen molar-refractivity contribution in [1.29, 1.82) is 0 Å². The van der Waals surface area contributed by atoms with Crippen LogP contribution in [0.3, 0.4) is 0 Å². The molecule has 0 amide bonds. The summed E-state index contributed by atoms with van der Waals surface area (Å²) in [5.74, 6) is 0. The Morgan fingerprint density at radius 3 is 0.846 bits per heavy atom.